The third-order valence-corrected chi connectivity index (χ3v) is 4.00. The number of hydrogen-bond acceptors (Lipinski definition) is 3. The van der Waals surface area contributed by atoms with Gasteiger partial charge in [0.1, 0.15) is 6.61 Å². The molecule has 0 aliphatic carbocycles. The van der Waals surface area contributed by atoms with Crippen LogP contribution in [-0.4, -0.2) is 49.2 Å². The molecular weight excluding hydrogens is 216 g/mol. The van der Waals surface area contributed by atoms with E-state index in [0.717, 1.165) is 26.1 Å². The van der Waals surface area contributed by atoms with Crippen LogP contribution in [0.2, 0.25) is 0 Å². The molecule has 3 unspecified atom stereocenters. The molecule has 4 nitrogen and oxygen atoms in total. The van der Waals surface area contributed by atoms with Crippen molar-refractivity contribution in [2.24, 2.45) is 11.8 Å². The average Bonchev–Trinajstić information content (AvgIpc) is 2.84. The highest BCUT2D eigenvalue weighted by molar-refractivity contribution is 5.78. The lowest BCUT2D eigenvalue weighted by molar-refractivity contribution is -0.139. The lowest BCUT2D eigenvalue weighted by Crippen LogP contribution is -2.41. The number of carbonyl (C=O) groups excluding carboxylic acids is 1. The van der Waals surface area contributed by atoms with E-state index in [1.165, 1.54) is 0 Å². The van der Waals surface area contributed by atoms with E-state index in [0.29, 0.717) is 17.9 Å². The van der Waals surface area contributed by atoms with Crippen molar-refractivity contribution in [3.05, 3.63) is 0 Å². The van der Waals surface area contributed by atoms with Crippen LogP contribution in [0.25, 0.3) is 0 Å². The van der Waals surface area contributed by atoms with Gasteiger partial charge in [-0.3, -0.25) is 4.79 Å². The Bertz CT molecular complexity index is 281. The lowest BCUT2D eigenvalue weighted by Gasteiger charge is -2.27. The summed E-state index contributed by atoms with van der Waals surface area (Å²) in [5.41, 5.74) is 0. The fourth-order valence-electron chi connectivity index (χ4n) is 3.15. The summed E-state index contributed by atoms with van der Waals surface area (Å²) in [6.07, 6.45) is 1.18. The predicted octanol–water partition coefficient (Wildman–Crippen LogP) is 0.868. The monoisotopic (exact) mass is 240 g/mol. The molecule has 2 heterocycles. The van der Waals surface area contributed by atoms with E-state index < -0.39 is 0 Å². The summed E-state index contributed by atoms with van der Waals surface area (Å²) in [7, 11) is 0. The van der Waals surface area contributed by atoms with Crippen LogP contribution >= 0.6 is 0 Å². The van der Waals surface area contributed by atoms with Crippen LogP contribution in [0, 0.1) is 11.8 Å². The maximum Gasteiger partial charge on any atom is 0.248 e. The van der Waals surface area contributed by atoms with Gasteiger partial charge in [0.25, 0.3) is 0 Å². The second-order valence-electron chi connectivity index (χ2n) is 5.46. The fourth-order valence-corrected chi connectivity index (χ4v) is 3.15. The summed E-state index contributed by atoms with van der Waals surface area (Å²) in [4.78, 5) is 14.2. The first-order chi connectivity index (χ1) is 8.13. The van der Waals surface area contributed by atoms with Crippen molar-refractivity contribution in [2.45, 2.75) is 39.3 Å². The first-order valence-electron chi connectivity index (χ1n) is 6.75. The zero-order valence-corrected chi connectivity index (χ0v) is 11.1. The lowest BCUT2D eigenvalue weighted by atomic mass is 9.93. The zero-order chi connectivity index (χ0) is 12.4. The van der Waals surface area contributed by atoms with Gasteiger partial charge in [-0.1, -0.05) is 6.92 Å². The van der Waals surface area contributed by atoms with E-state index in [4.69, 9.17) is 4.74 Å². The Balaban J connectivity index is 1.94. The van der Waals surface area contributed by atoms with Gasteiger partial charge in [0.2, 0.25) is 5.91 Å². The van der Waals surface area contributed by atoms with Crippen molar-refractivity contribution in [3.63, 3.8) is 0 Å². The van der Waals surface area contributed by atoms with E-state index in [2.05, 4.69) is 17.1 Å². The molecule has 1 amide bonds. The summed E-state index contributed by atoms with van der Waals surface area (Å²) in [5, 5.41) is 3.43. The minimum Gasteiger partial charge on any atom is -0.369 e. The number of carbonyl (C=O) groups is 1. The van der Waals surface area contributed by atoms with Gasteiger partial charge in [-0.25, -0.2) is 0 Å². The molecule has 2 fully saturated rings. The number of hydrogen-bond donors (Lipinski definition) is 1. The van der Waals surface area contributed by atoms with Crippen molar-refractivity contribution >= 4 is 5.91 Å². The topological polar surface area (TPSA) is 41.6 Å². The van der Waals surface area contributed by atoms with Gasteiger partial charge < -0.3 is 15.0 Å². The SMILES string of the molecule is CCC1C2CNCC2CN1C(=O)COC(C)C. The third-order valence-electron chi connectivity index (χ3n) is 4.00. The standard InChI is InChI=1S/C13H24N2O2/c1-4-12-11-6-14-5-10(11)7-15(12)13(16)8-17-9(2)3/h9-12,14H,4-8H2,1-3H3. The fraction of sp³-hybridized carbons (Fsp3) is 0.923. The highest BCUT2D eigenvalue weighted by Crippen LogP contribution is 2.34. The van der Waals surface area contributed by atoms with Gasteiger partial charge in [-0.05, 0) is 32.1 Å². The second kappa shape index (κ2) is 5.36. The molecule has 0 spiro atoms. The maximum absolute atomic E-state index is 12.1. The number of rotatable bonds is 4. The van der Waals surface area contributed by atoms with Crippen molar-refractivity contribution in [2.75, 3.05) is 26.2 Å². The molecule has 0 aromatic rings. The van der Waals surface area contributed by atoms with Crippen molar-refractivity contribution in [1.82, 2.24) is 10.2 Å². The van der Waals surface area contributed by atoms with Crippen molar-refractivity contribution < 1.29 is 9.53 Å². The van der Waals surface area contributed by atoms with E-state index >= 15 is 0 Å². The van der Waals surface area contributed by atoms with Crippen LogP contribution in [0.1, 0.15) is 27.2 Å². The molecule has 3 atom stereocenters. The Kier molecular flexibility index (Phi) is 4.05. The van der Waals surface area contributed by atoms with Gasteiger partial charge in [0.05, 0.1) is 6.10 Å². The van der Waals surface area contributed by atoms with E-state index in [1.54, 1.807) is 0 Å². The van der Waals surface area contributed by atoms with Gasteiger partial charge in [-0.2, -0.15) is 0 Å². The number of nitrogens with one attached hydrogen (secondary N) is 1. The molecule has 4 heteroatoms. The van der Waals surface area contributed by atoms with E-state index in [-0.39, 0.29) is 18.6 Å². The molecule has 0 aromatic heterocycles. The van der Waals surface area contributed by atoms with Crippen molar-refractivity contribution in [1.29, 1.82) is 0 Å². The molecular formula is C13H24N2O2. The maximum atomic E-state index is 12.1. The molecule has 0 saturated carbocycles. The molecule has 2 saturated heterocycles. The summed E-state index contributed by atoms with van der Waals surface area (Å²) in [5.74, 6) is 1.48. The molecule has 0 radical (unpaired) electrons. The van der Waals surface area contributed by atoms with Gasteiger partial charge in [-0.15, -0.1) is 0 Å². The number of amides is 1. The van der Waals surface area contributed by atoms with Gasteiger partial charge in [0.15, 0.2) is 0 Å². The molecule has 0 bridgehead atoms. The number of fused-ring (bicyclic) bond motifs is 1. The molecule has 17 heavy (non-hydrogen) atoms. The van der Waals surface area contributed by atoms with Crippen LogP contribution < -0.4 is 5.32 Å². The quantitative estimate of drug-likeness (QED) is 0.793. The summed E-state index contributed by atoms with van der Waals surface area (Å²) < 4.78 is 5.42. The minimum absolute atomic E-state index is 0.128. The Hall–Kier alpha value is -0.610. The van der Waals surface area contributed by atoms with Crippen LogP contribution in [0.5, 0.6) is 0 Å². The Labute approximate surface area is 104 Å². The molecule has 0 aromatic carbocycles. The molecule has 2 aliphatic rings. The summed E-state index contributed by atoms with van der Waals surface area (Å²) in [6, 6.07) is 0.415. The number of likely N-dealkylation sites (tertiary alicyclic amines) is 1. The smallest absolute Gasteiger partial charge is 0.248 e. The first-order valence-corrected chi connectivity index (χ1v) is 6.75. The van der Waals surface area contributed by atoms with E-state index in [1.807, 2.05) is 13.8 Å². The number of ether oxygens (including phenoxy) is 1. The average molecular weight is 240 g/mol. The first kappa shape index (κ1) is 12.8. The highest BCUT2D eigenvalue weighted by Gasteiger charge is 2.44. The molecule has 2 aliphatic heterocycles. The number of nitrogens with zero attached hydrogens (tertiary/aromatic N) is 1. The molecule has 98 valence electrons. The third kappa shape index (κ3) is 2.63. The predicted molar refractivity (Wildman–Crippen MR) is 66.7 cm³/mol. The van der Waals surface area contributed by atoms with Crippen molar-refractivity contribution in [3.8, 4) is 0 Å². The Morgan fingerprint density at radius 1 is 1.47 bits per heavy atom. The largest absolute Gasteiger partial charge is 0.369 e. The molecule has 1 N–H and O–H groups in total. The van der Waals surface area contributed by atoms with Gasteiger partial charge in [0, 0.05) is 25.7 Å². The molecule has 2 rings (SSSR count). The summed E-state index contributed by atoms with van der Waals surface area (Å²) in [6.45, 7) is 9.39. The minimum atomic E-state index is 0.128. The normalized spacial score (nSPS) is 32.2. The van der Waals surface area contributed by atoms with E-state index in [9.17, 15) is 4.79 Å². The van der Waals surface area contributed by atoms with Gasteiger partial charge >= 0.3 is 0 Å². The van der Waals surface area contributed by atoms with Crippen LogP contribution in [0.4, 0.5) is 0 Å². The van der Waals surface area contributed by atoms with Crippen LogP contribution in [-0.2, 0) is 9.53 Å². The second-order valence-corrected chi connectivity index (χ2v) is 5.46. The Morgan fingerprint density at radius 2 is 2.24 bits per heavy atom. The van der Waals surface area contributed by atoms with Crippen LogP contribution in [0.15, 0.2) is 0 Å². The van der Waals surface area contributed by atoms with Crippen LogP contribution in [0.3, 0.4) is 0 Å². The zero-order valence-electron chi connectivity index (χ0n) is 11.1. The highest BCUT2D eigenvalue weighted by atomic mass is 16.5. The Morgan fingerprint density at radius 3 is 2.88 bits per heavy atom. The summed E-state index contributed by atoms with van der Waals surface area (Å²) >= 11 is 0.